The lowest BCUT2D eigenvalue weighted by molar-refractivity contribution is -0.143. The number of benzene rings is 2. The molecule has 7 heteroatoms. The molecule has 144 valence electrons. The summed E-state index contributed by atoms with van der Waals surface area (Å²) in [7, 11) is 1.19. The molecule has 1 atom stereocenters. The van der Waals surface area contributed by atoms with Gasteiger partial charge in [0.2, 0.25) is 0 Å². The second-order valence-corrected chi connectivity index (χ2v) is 6.20. The van der Waals surface area contributed by atoms with Crippen molar-refractivity contribution in [3.8, 4) is 0 Å². The van der Waals surface area contributed by atoms with Gasteiger partial charge >= 0.3 is 12.1 Å². The zero-order chi connectivity index (χ0) is 20.2. The molecule has 0 saturated heterocycles. The van der Waals surface area contributed by atoms with Crippen LogP contribution < -0.4 is 5.32 Å². The molecule has 1 N–H and O–H groups in total. The van der Waals surface area contributed by atoms with E-state index in [1.54, 1.807) is 0 Å². The van der Waals surface area contributed by atoms with Gasteiger partial charge in [0.25, 0.3) is 5.91 Å². The first-order chi connectivity index (χ1) is 12.6. The van der Waals surface area contributed by atoms with Gasteiger partial charge in [-0.05, 0) is 48.7 Å². The van der Waals surface area contributed by atoms with Gasteiger partial charge in [0, 0.05) is 12.0 Å². The average Bonchev–Trinajstić information content (AvgIpc) is 2.62. The predicted octanol–water partition coefficient (Wildman–Crippen LogP) is 3.84. The topological polar surface area (TPSA) is 55.4 Å². The van der Waals surface area contributed by atoms with Crippen LogP contribution in [0.25, 0.3) is 0 Å². The number of rotatable bonds is 5. The summed E-state index contributed by atoms with van der Waals surface area (Å²) in [6.45, 7) is 3.76. The molecule has 0 fully saturated rings. The van der Waals surface area contributed by atoms with Crippen molar-refractivity contribution in [3.05, 3.63) is 70.3 Å². The van der Waals surface area contributed by atoms with E-state index in [-0.39, 0.29) is 12.0 Å². The van der Waals surface area contributed by atoms with Gasteiger partial charge in [-0.1, -0.05) is 24.3 Å². The highest BCUT2D eigenvalue weighted by Crippen LogP contribution is 2.29. The van der Waals surface area contributed by atoms with Crippen molar-refractivity contribution < 1.29 is 27.5 Å². The monoisotopic (exact) mass is 379 g/mol. The summed E-state index contributed by atoms with van der Waals surface area (Å²) < 4.78 is 43.3. The maximum Gasteiger partial charge on any atom is 0.416 e. The van der Waals surface area contributed by atoms with E-state index in [9.17, 15) is 22.8 Å². The number of ether oxygens (including phenoxy) is 1. The number of esters is 1. The van der Waals surface area contributed by atoms with Gasteiger partial charge < -0.3 is 10.1 Å². The van der Waals surface area contributed by atoms with Crippen LogP contribution in [0.4, 0.5) is 13.2 Å². The van der Waals surface area contributed by atoms with E-state index in [0.29, 0.717) is 0 Å². The lowest BCUT2D eigenvalue weighted by Gasteiger charge is -2.19. The molecule has 0 radical (unpaired) electrons. The van der Waals surface area contributed by atoms with E-state index < -0.39 is 29.7 Å². The number of halogens is 3. The number of alkyl halides is 3. The SMILES string of the molecule is COC(=O)[C@H](Cc1c(C)cccc1C)NC(=O)c1cccc(C(F)(F)F)c1. The molecule has 2 aromatic carbocycles. The van der Waals surface area contributed by atoms with Gasteiger partial charge in [-0.2, -0.15) is 13.2 Å². The first-order valence-corrected chi connectivity index (χ1v) is 8.24. The molecular formula is C20H20F3NO3. The minimum absolute atomic E-state index is 0.176. The quantitative estimate of drug-likeness (QED) is 0.804. The first kappa shape index (κ1) is 20.5. The summed E-state index contributed by atoms with van der Waals surface area (Å²) in [5, 5.41) is 2.48. The Morgan fingerprint density at radius 1 is 1.07 bits per heavy atom. The van der Waals surface area contributed by atoms with Crippen LogP contribution in [-0.2, 0) is 22.1 Å². The zero-order valence-corrected chi connectivity index (χ0v) is 15.2. The van der Waals surface area contributed by atoms with Gasteiger partial charge in [-0.25, -0.2) is 4.79 Å². The van der Waals surface area contributed by atoms with E-state index in [1.165, 1.54) is 13.2 Å². The Bertz CT molecular complexity index is 826. The highest BCUT2D eigenvalue weighted by atomic mass is 19.4. The summed E-state index contributed by atoms with van der Waals surface area (Å²) in [4.78, 5) is 24.5. The maximum atomic E-state index is 12.8. The van der Waals surface area contributed by atoms with E-state index >= 15 is 0 Å². The Kier molecular flexibility index (Phi) is 6.25. The molecule has 1 amide bonds. The second-order valence-electron chi connectivity index (χ2n) is 6.20. The lowest BCUT2D eigenvalue weighted by atomic mass is 9.96. The number of methoxy groups -OCH3 is 1. The minimum atomic E-state index is -4.56. The smallest absolute Gasteiger partial charge is 0.416 e. The molecule has 0 aliphatic carbocycles. The van der Waals surface area contributed by atoms with Crippen molar-refractivity contribution in [3.63, 3.8) is 0 Å². The molecule has 2 aromatic rings. The number of carbonyl (C=O) groups excluding carboxylic acids is 2. The van der Waals surface area contributed by atoms with Crippen molar-refractivity contribution in [1.82, 2.24) is 5.32 Å². The standard InChI is InChI=1S/C20H20F3NO3/c1-12-6-4-7-13(2)16(12)11-17(19(26)27-3)24-18(25)14-8-5-9-15(10-14)20(21,22)23/h4-10,17H,11H2,1-3H3,(H,24,25)/t17-/m0/s1. The van der Waals surface area contributed by atoms with Gasteiger partial charge in [0.05, 0.1) is 12.7 Å². The molecule has 2 rings (SSSR count). The van der Waals surface area contributed by atoms with Crippen molar-refractivity contribution in [1.29, 1.82) is 0 Å². The number of hydrogen-bond donors (Lipinski definition) is 1. The van der Waals surface area contributed by atoms with Gasteiger partial charge in [0.15, 0.2) is 0 Å². The van der Waals surface area contributed by atoms with Crippen molar-refractivity contribution in [2.75, 3.05) is 7.11 Å². The van der Waals surface area contributed by atoms with Crippen LogP contribution in [0.3, 0.4) is 0 Å². The van der Waals surface area contributed by atoms with Crippen molar-refractivity contribution >= 4 is 11.9 Å². The molecule has 0 bridgehead atoms. The van der Waals surface area contributed by atoms with Crippen LogP contribution in [0.2, 0.25) is 0 Å². The van der Waals surface area contributed by atoms with Crippen molar-refractivity contribution in [2.45, 2.75) is 32.5 Å². The van der Waals surface area contributed by atoms with E-state index in [0.717, 1.165) is 34.9 Å². The minimum Gasteiger partial charge on any atom is -0.467 e. The van der Waals surface area contributed by atoms with Crippen LogP contribution >= 0.6 is 0 Å². The van der Waals surface area contributed by atoms with Crippen LogP contribution in [0.1, 0.15) is 32.6 Å². The Morgan fingerprint density at radius 3 is 2.22 bits per heavy atom. The molecule has 4 nitrogen and oxygen atoms in total. The second kappa shape index (κ2) is 8.24. The van der Waals surface area contributed by atoms with Gasteiger partial charge in [-0.15, -0.1) is 0 Å². The third kappa shape index (κ3) is 5.09. The number of carbonyl (C=O) groups is 2. The molecule has 27 heavy (non-hydrogen) atoms. The Hall–Kier alpha value is -2.83. The maximum absolute atomic E-state index is 12.8. The summed E-state index contributed by atoms with van der Waals surface area (Å²) in [6.07, 6.45) is -4.38. The number of hydrogen-bond acceptors (Lipinski definition) is 3. The Labute approximate surface area is 155 Å². The Balaban J connectivity index is 2.26. The van der Waals surface area contributed by atoms with Gasteiger partial charge in [0.1, 0.15) is 6.04 Å². The third-order valence-electron chi connectivity index (χ3n) is 4.30. The average molecular weight is 379 g/mol. The number of aryl methyl sites for hydroxylation is 2. The summed E-state index contributed by atoms with van der Waals surface area (Å²) >= 11 is 0. The fourth-order valence-electron chi connectivity index (χ4n) is 2.79. The lowest BCUT2D eigenvalue weighted by Crippen LogP contribution is -2.43. The summed E-state index contributed by atoms with van der Waals surface area (Å²) in [6, 6.07) is 8.67. The van der Waals surface area contributed by atoms with Crippen LogP contribution in [0.5, 0.6) is 0 Å². The Morgan fingerprint density at radius 2 is 1.67 bits per heavy atom. The highest BCUT2D eigenvalue weighted by Gasteiger charge is 2.31. The number of nitrogens with one attached hydrogen (secondary N) is 1. The van der Waals surface area contributed by atoms with Crippen LogP contribution in [0.15, 0.2) is 42.5 Å². The fraction of sp³-hybridized carbons (Fsp3) is 0.300. The molecule has 0 spiro atoms. The summed E-state index contributed by atoms with van der Waals surface area (Å²) in [5.41, 5.74) is 1.64. The highest BCUT2D eigenvalue weighted by molar-refractivity contribution is 5.97. The fourth-order valence-corrected chi connectivity index (χ4v) is 2.79. The number of amides is 1. The molecule has 0 aromatic heterocycles. The first-order valence-electron chi connectivity index (χ1n) is 8.24. The van der Waals surface area contributed by atoms with E-state index in [2.05, 4.69) is 5.32 Å². The molecule has 0 heterocycles. The van der Waals surface area contributed by atoms with E-state index in [1.807, 2.05) is 32.0 Å². The largest absolute Gasteiger partial charge is 0.467 e. The predicted molar refractivity (Wildman–Crippen MR) is 94.3 cm³/mol. The zero-order valence-electron chi connectivity index (χ0n) is 15.2. The van der Waals surface area contributed by atoms with Crippen LogP contribution in [-0.4, -0.2) is 25.0 Å². The molecule has 0 unspecified atom stereocenters. The molecular weight excluding hydrogens is 359 g/mol. The normalized spacial score (nSPS) is 12.4. The van der Waals surface area contributed by atoms with Crippen molar-refractivity contribution in [2.24, 2.45) is 0 Å². The molecule has 0 aliphatic rings. The summed E-state index contributed by atoms with van der Waals surface area (Å²) in [5.74, 6) is -1.44. The molecule has 0 saturated carbocycles. The third-order valence-corrected chi connectivity index (χ3v) is 4.30. The van der Waals surface area contributed by atoms with Crippen LogP contribution in [0, 0.1) is 13.8 Å². The molecule has 0 aliphatic heterocycles. The van der Waals surface area contributed by atoms with E-state index in [4.69, 9.17) is 4.74 Å². The van der Waals surface area contributed by atoms with Gasteiger partial charge in [-0.3, -0.25) is 4.79 Å².